The van der Waals surface area contributed by atoms with Crippen molar-refractivity contribution < 1.29 is 4.79 Å². The maximum atomic E-state index is 11.1. The highest BCUT2D eigenvalue weighted by Gasteiger charge is 2.49. The zero-order chi connectivity index (χ0) is 7.30. The molecule has 2 aliphatic rings. The second-order valence-electron chi connectivity index (χ2n) is 3.24. The molecule has 1 saturated heterocycles. The largest absolute Gasteiger partial charge is 0.332 e. The molecule has 1 fully saturated rings. The number of hydrogen-bond donors (Lipinski definition) is 0. The van der Waals surface area contributed by atoms with Crippen molar-refractivity contribution in [3.63, 3.8) is 0 Å². The molecule has 0 spiro atoms. The summed E-state index contributed by atoms with van der Waals surface area (Å²) in [5.41, 5.74) is 0. The smallest absolute Gasteiger partial charge is 0.232 e. The fourth-order valence-corrected chi connectivity index (χ4v) is 1.65. The van der Waals surface area contributed by atoms with Crippen molar-refractivity contribution in [2.24, 2.45) is 5.92 Å². The average molecular weight is 137 g/mol. The Labute approximate surface area is 60.5 Å². The Morgan fingerprint density at radius 2 is 2.20 bits per heavy atom. The van der Waals surface area contributed by atoms with E-state index in [9.17, 15) is 4.79 Å². The van der Waals surface area contributed by atoms with Gasteiger partial charge in [0, 0.05) is 6.04 Å². The molecule has 2 rings (SSSR count). The highest BCUT2D eigenvalue weighted by molar-refractivity contribution is 5.91. The zero-order valence-electron chi connectivity index (χ0n) is 6.24. The number of rotatable bonds is 1. The summed E-state index contributed by atoms with van der Waals surface area (Å²) in [6.07, 6.45) is 4.10. The van der Waals surface area contributed by atoms with Crippen molar-refractivity contribution in [1.29, 1.82) is 0 Å². The fraction of sp³-hybridized carbons (Fsp3) is 0.625. The first kappa shape index (κ1) is 5.96. The highest BCUT2D eigenvalue weighted by atomic mass is 16.2. The van der Waals surface area contributed by atoms with Gasteiger partial charge in [-0.25, -0.2) is 0 Å². The molecule has 1 amide bonds. The van der Waals surface area contributed by atoms with Crippen LogP contribution in [0.5, 0.6) is 0 Å². The Morgan fingerprint density at radius 1 is 1.50 bits per heavy atom. The van der Waals surface area contributed by atoms with E-state index in [2.05, 4.69) is 19.9 Å². The fourth-order valence-electron chi connectivity index (χ4n) is 1.65. The van der Waals surface area contributed by atoms with Crippen LogP contribution in [0.4, 0.5) is 0 Å². The van der Waals surface area contributed by atoms with Crippen molar-refractivity contribution in [2.45, 2.75) is 25.9 Å². The lowest BCUT2D eigenvalue weighted by molar-refractivity contribution is -0.154. The maximum absolute atomic E-state index is 11.1. The molecule has 10 heavy (non-hydrogen) atoms. The van der Waals surface area contributed by atoms with E-state index in [1.165, 1.54) is 0 Å². The monoisotopic (exact) mass is 137 g/mol. The minimum atomic E-state index is 0.252. The van der Waals surface area contributed by atoms with E-state index in [0.29, 0.717) is 18.0 Å². The number of carbonyl (C=O) groups is 1. The van der Waals surface area contributed by atoms with E-state index in [-0.39, 0.29) is 5.92 Å². The summed E-state index contributed by atoms with van der Waals surface area (Å²) < 4.78 is 0. The lowest BCUT2D eigenvalue weighted by atomic mass is 9.77. The van der Waals surface area contributed by atoms with Gasteiger partial charge in [0.25, 0.3) is 0 Å². The van der Waals surface area contributed by atoms with Gasteiger partial charge < -0.3 is 4.90 Å². The van der Waals surface area contributed by atoms with E-state index in [1.807, 2.05) is 11.0 Å². The summed E-state index contributed by atoms with van der Waals surface area (Å²) in [5, 5.41) is 0. The van der Waals surface area contributed by atoms with Crippen LogP contribution >= 0.6 is 0 Å². The molecule has 2 heteroatoms. The number of fused-ring (bicyclic) bond motifs is 1. The van der Waals surface area contributed by atoms with Crippen LogP contribution in [0.25, 0.3) is 0 Å². The van der Waals surface area contributed by atoms with Gasteiger partial charge in [0.05, 0.1) is 12.0 Å². The summed E-state index contributed by atoms with van der Waals surface area (Å²) in [6, 6.07) is 0.825. The van der Waals surface area contributed by atoms with Gasteiger partial charge >= 0.3 is 0 Å². The standard InChI is InChI=1S/C8H11NO/c1-5(2)9-7-4-3-6(7)8(9)10/h3-7H,1-2H3/t6-,7+/m0/s1. The minimum absolute atomic E-state index is 0.252. The predicted molar refractivity (Wildman–Crippen MR) is 38.4 cm³/mol. The quantitative estimate of drug-likeness (QED) is 0.386. The lowest BCUT2D eigenvalue weighted by Gasteiger charge is -2.51. The van der Waals surface area contributed by atoms with Crippen LogP contribution in [0.15, 0.2) is 12.2 Å². The van der Waals surface area contributed by atoms with Gasteiger partial charge in [-0.1, -0.05) is 12.2 Å². The summed E-state index contributed by atoms with van der Waals surface area (Å²) in [4.78, 5) is 13.1. The van der Waals surface area contributed by atoms with Gasteiger partial charge in [-0.2, -0.15) is 0 Å². The molecule has 0 radical (unpaired) electrons. The maximum Gasteiger partial charge on any atom is 0.232 e. The number of amides is 1. The van der Waals surface area contributed by atoms with Gasteiger partial charge in [0.1, 0.15) is 0 Å². The normalized spacial score (nSPS) is 35.5. The van der Waals surface area contributed by atoms with E-state index in [1.54, 1.807) is 0 Å². The van der Waals surface area contributed by atoms with Crippen LogP contribution in [0.1, 0.15) is 13.8 Å². The molecular formula is C8H11NO. The topological polar surface area (TPSA) is 20.3 Å². The Balaban J connectivity index is 2.14. The van der Waals surface area contributed by atoms with E-state index < -0.39 is 0 Å². The van der Waals surface area contributed by atoms with Crippen LogP contribution in [-0.4, -0.2) is 22.9 Å². The van der Waals surface area contributed by atoms with E-state index in [4.69, 9.17) is 0 Å². The third-order valence-corrected chi connectivity index (χ3v) is 2.30. The molecule has 1 aliphatic carbocycles. The van der Waals surface area contributed by atoms with Crippen LogP contribution in [0.2, 0.25) is 0 Å². The van der Waals surface area contributed by atoms with Crippen LogP contribution in [0, 0.1) is 5.92 Å². The van der Waals surface area contributed by atoms with Gasteiger partial charge in [-0.05, 0) is 13.8 Å². The number of carbonyl (C=O) groups excluding carboxylic acids is 1. The summed E-state index contributed by atoms with van der Waals surface area (Å²) in [5.74, 6) is 0.560. The molecule has 0 aromatic rings. The molecule has 54 valence electrons. The van der Waals surface area contributed by atoms with Gasteiger partial charge in [0.15, 0.2) is 0 Å². The molecule has 0 aromatic heterocycles. The average Bonchev–Trinajstić information content (AvgIpc) is 1.79. The van der Waals surface area contributed by atoms with Crippen LogP contribution in [-0.2, 0) is 4.79 Å². The summed E-state index contributed by atoms with van der Waals surface area (Å²) in [7, 11) is 0. The Bertz CT molecular complexity index is 207. The third-order valence-electron chi connectivity index (χ3n) is 2.30. The third kappa shape index (κ3) is 0.474. The Kier molecular flexibility index (Phi) is 0.967. The van der Waals surface area contributed by atoms with Gasteiger partial charge in [-0.15, -0.1) is 0 Å². The molecule has 2 nitrogen and oxygen atoms in total. The second-order valence-corrected chi connectivity index (χ2v) is 3.24. The molecule has 1 aliphatic heterocycles. The molecule has 2 atom stereocenters. The number of hydrogen-bond acceptors (Lipinski definition) is 1. The Morgan fingerprint density at radius 3 is 2.40 bits per heavy atom. The van der Waals surface area contributed by atoms with E-state index in [0.717, 1.165) is 0 Å². The summed E-state index contributed by atoms with van der Waals surface area (Å²) in [6.45, 7) is 4.11. The first-order valence-electron chi connectivity index (χ1n) is 3.72. The van der Waals surface area contributed by atoms with Crippen molar-refractivity contribution in [2.75, 3.05) is 0 Å². The summed E-state index contributed by atoms with van der Waals surface area (Å²) >= 11 is 0. The van der Waals surface area contributed by atoms with E-state index >= 15 is 0 Å². The molecular weight excluding hydrogens is 126 g/mol. The number of β-lactam (4-membered cyclic amide) rings is 1. The van der Waals surface area contributed by atoms with Crippen molar-refractivity contribution >= 4 is 5.91 Å². The van der Waals surface area contributed by atoms with Crippen molar-refractivity contribution in [3.8, 4) is 0 Å². The molecule has 0 bridgehead atoms. The lowest BCUT2D eigenvalue weighted by Crippen LogP contribution is -2.65. The SMILES string of the molecule is CC(C)N1C(=O)[C@H]2C=C[C@H]21. The number of nitrogens with zero attached hydrogens (tertiary/aromatic N) is 1. The number of likely N-dealkylation sites (tertiary alicyclic amines) is 1. The molecule has 0 unspecified atom stereocenters. The minimum Gasteiger partial charge on any atom is -0.332 e. The first-order valence-corrected chi connectivity index (χ1v) is 3.72. The molecule has 0 saturated carbocycles. The second kappa shape index (κ2) is 1.62. The van der Waals surface area contributed by atoms with Gasteiger partial charge in [-0.3, -0.25) is 4.79 Å². The molecule has 0 aromatic carbocycles. The highest BCUT2D eigenvalue weighted by Crippen LogP contribution is 2.37. The van der Waals surface area contributed by atoms with Crippen molar-refractivity contribution in [1.82, 2.24) is 4.90 Å². The van der Waals surface area contributed by atoms with Crippen LogP contribution in [0.3, 0.4) is 0 Å². The first-order chi connectivity index (χ1) is 4.72. The Hall–Kier alpha value is -0.790. The van der Waals surface area contributed by atoms with Crippen LogP contribution < -0.4 is 0 Å². The predicted octanol–water partition coefficient (Wildman–Crippen LogP) is 0.792. The zero-order valence-corrected chi connectivity index (χ0v) is 6.24. The molecule has 1 heterocycles. The van der Waals surface area contributed by atoms with Crippen molar-refractivity contribution in [3.05, 3.63) is 12.2 Å². The molecule has 0 N–H and O–H groups in total. The van der Waals surface area contributed by atoms with Gasteiger partial charge in [0.2, 0.25) is 5.91 Å².